The third kappa shape index (κ3) is 3.68. The molecule has 0 spiro atoms. The van der Waals surface area contributed by atoms with Crippen molar-refractivity contribution in [2.45, 2.75) is 13.8 Å². The summed E-state index contributed by atoms with van der Waals surface area (Å²) < 4.78 is 8.75. The number of benzene rings is 6. The molecule has 6 aromatic carbocycles. The minimum Gasteiger partial charge on any atom is -0.456 e. The van der Waals surface area contributed by atoms with Crippen LogP contribution in [0, 0.1) is 13.8 Å². The van der Waals surface area contributed by atoms with Crippen LogP contribution in [0.15, 0.2) is 126 Å². The number of para-hydroxylation sites is 1. The number of fused-ring (bicyclic) bond motifs is 6. The van der Waals surface area contributed by atoms with Gasteiger partial charge >= 0.3 is 0 Å². The molecule has 8 aromatic rings. The molecule has 0 saturated heterocycles. The summed E-state index contributed by atoms with van der Waals surface area (Å²) in [5.41, 5.74) is 11.9. The summed E-state index contributed by atoms with van der Waals surface area (Å²) in [6, 6.07) is 44.1. The molecule has 0 aliphatic rings. The van der Waals surface area contributed by atoms with Gasteiger partial charge in [0.15, 0.2) is 0 Å². The van der Waals surface area contributed by atoms with Crippen molar-refractivity contribution < 1.29 is 4.42 Å². The quantitative estimate of drug-likeness (QED) is 0.221. The van der Waals surface area contributed by atoms with Gasteiger partial charge < -0.3 is 4.42 Å². The van der Waals surface area contributed by atoms with E-state index in [1.54, 1.807) is 0 Å². The molecule has 40 heavy (non-hydrogen) atoms. The van der Waals surface area contributed by atoms with E-state index in [0.29, 0.717) is 0 Å². The second-order valence-electron chi connectivity index (χ2n) is 10.7. The molecule has 0 bridgehead atoms. The number of rotatable bonds is 3. The zero-order valence-corrected chi connectivity index (χ0v) is 23.2. The normalized spacial score (nSPS) is 11.8. The van der Waals surface area contributed by atoms with E-state index < -0.39 is 0 Å². The van der Waals surface area contributed by atoms with Gasteiger partial charge in [-0.3, -0.25) is 0 Å². The number of hydrogen-bond donors (Lipinski definition) is 0. The highest BCUT2D eigenvalue weighted by Gasteiger charge is 2.13. The van der Waals surface area contributed by atoms with Crippen molar-refractivity contribution in [3.63, 3.8) is 0 Å². The first-order chi connectivity index (χ1) is 19.6. The van der Waals surface area contributed by atoms with E-state index in [1.165, 1.54) is 64.7 Å². The Balaban J connectivity index is 1.24. The summed E-state index contributed by atoms with van der Waals surface area (Å²) >= 11 is 1.87. The molecule has 0 radical (unpaired) electrons. The Morgan fingerprint density at radius 1 is 0.425 bits per heavy atom. The maximum Gasteiger partial charge on any atom is 0.135 e. The van der Waals surface area contributed by atoms with Crippen molar-refractivity contribution in [3.05, 3.63) is 132 Å². The van der Waals surface area contributed by atoms with Crippen LogP contribution in [0.2, 0.25) is 0 Å². The Morgan fingerprint density at radius 3 is 1.70 bits per heavy atom. The van der Waals surface area contributed by atoms with Gasteiger partial charge in [-0.2, -0.15) is 0 Å². The molecule has 0 aliphatic heterocycles. The molecule has 1 nitrogen and oxygen atoms in total. The van der Waals surface area contributed by atoms with Crippen LogP contribution < -0.4 is 0 Å². The first-order valence-corrected chi connectivity index (χ1v) is 14.5. The SMILES string of the molecule is Cc1ccc(-c2ccc3oc4ccccc4c3c2)cc1-c1cc(-c2ccc3sc4ccccc4c3c2)ccc1C. The fourth-order valence-corrected chi connectivity index (χ4v) is 7.08. The highest BCUT2D eigenvalue weighted by molar-refractivity contribution is 7.25. The standard InChI is InChI=1S/C38H26OS/c1-23-11-13-25(27-15-17-36-33(21-27)29-7-3-5-9-35(29)39-36)19-31(23)32-20-26(14-12-24(32)2)28-16-18-38-34(22-28)30-8-4-6-10-37(30)40-38/h3-22H,1-2H3. The highest BCUT2D eigenvalue weighted by Crippen LogP contribution is 2.39. The van der Waals surface area contributed by atoms with Gasteiger partial charge in [-0.25, -0.2) is 0 Å². The van der Waals surface area contributed by atoms with Crippen LogP contribution in [0.25, 0.3) is 75.5 Å². The van der Waals surface area contributed by atoms with Crippen LogP contribution >= 0.6 is 11.3 Å². The van der Waals surface area contributed by atoms with E-state index in [4.69, 9.17) is 4.42 Å². The predicted octanol–water partition coefficient (Wildman–Crippen LogP) is 11.6. The summed E-state index contributed by atoms with van der Waals surface area (Å²) in [7, 11) is 0. The summed E-state index contributed by atoms with van der Waals surface area (Å²) in [4.78, 5) is 0. The Morgan fingerprint density at radius 2 is 0.950 bits per heavy atom. The first kappa shape index (κ1) is 23.2. The number of aryl methyl sites for hydroxylation is 2. The Kier molecular flexibility index (Phi) is 5.20. The molecule has 0 saturated carbocycles. The molecule has 2 heteroatoms. The topological polar surface area (TPSA) is 13.1 Å². The van der Waals surface area contributed by atoms with Crippen LogP contribution in [0.3, 0.4) is 0 Å². The van der Waals surface area contributed by atoms with Crippen LogP contribution in [0.5, 0.6) is 0 Å². The van der Waals surface area contributed by atoms with Crippen LogP contribution in [0.4, 0.5) is 0 Å². The molecular weight excluding hydrogens is 504 g/mol. The third-order valence-electron chi connectivity index (χ3n) is 8.19. The van der Waals surface area contributed by atoms with Gasteiger partial charge in [-0.1, -0.05) is 72.8 Å². The lowest BCUT2D eigenvalue weighted by molar-refractivity contribution is 0.669. The van der Waals surface area contributed by atoms with Gasteiger partial charge in [0.25, 0.3) is 0 Å². The fourth-order valence-electron chi connectivity index (χ4n) is 5.99. The highest BCUT2D eigenvalue weighted by atomic mass is 32.1. The number of furan rings is 1. The van der Waals surface area contributed by atoms with Crippen LogP contribution in [-0.4, -0.2) is 0 Å². The molecule has 0 aliphatic carbocycles. The average Bonchev–Trinajstić information content (AvgIpc) is 3.55. The Bertz CT molecular complexity index is 2080. The molecule has 0 amide bonds. The van der Waals surface area contributed by atoms with Crippen LogP contribution in [-0.2, 0) is 0 Å². The molecule has 2 heterocycles. The van der Waals surface area contributed by atoms with Gasteiger partial charge in [0.2, 0.25) is 0 Å². The molecule has 8 rings (SSSR count). The molecule has 0 N–H and O–H groups in total. The van der Waals surface area contributed by atoms with E-state index in [2.05, 4.69) is 123 Å². The first-order valence-electron chi connectivity index (χ1n) is 13.7. The molecular formula is C38H26OS. The summed E-state index contributed by atoms with van der Waals surface area (Å²) in [6.07, 6.45) is 0. The largest absolute Gasteiger partial charge is 0.456 e. The molecule has 2 aromatic heterocycles. The zero-order valence-electron chi connectivity index (χ0n) is 22.4. The van der Waals surface area contributed by atoms with Crippen molar-refractivity contribution in [2.75, 3.05) is 0 Å². The zero-order chi connectivity index (χ0) is 26.8. The maximum absolute atomic E-state index is 6.07. The minimum atomic E-state index is 0.927. The molecule has 0 fully saturated rings. The van der Waals surface area contributed by atoms with E-state index >= 15 is 0 Å². The van der Waals surface area contributed by atoms with Gasteiger partial charge in [0.1, 0.15) is 11.2 Å². The monoisotopic (exact) mass is 530 g/mol. The summed E-state index contributed by atoms with van der Waals surface area (Å²) in [5, 5.41) is 4.98. The van der Waals surface area contributed by atoms with Gasteiger partial charge in [-0.05, 0) is 107 Å². The van der Waals surface area contributed by atoms with Gasteiger partial charge in [-0.15, -0.1) is 11.3 Å². The Hall–Kier alpha value is -4.66. The second-order valence-corrected chi connectivity index (χ2v) is 11.8. The van der Waals surface area contributed by atoms with Crippen molar-refractivity contribution in [2.24, 2.45) is 0 Å². The lowest BCUT2D eigenvalue weighted by Crippen LogP contribution is -1.90. The van der Waals surface area contributed by atoms with Gasteiger partial charge in [0.05, 0.1) is 0 Å². The van der Waals surface area contributed by atoms with Crippen molar-refractivity contribution in [1.29, 1.82) is 0 Å². The lowest BCUT2D eigenvalue weighted by Gasteiger charge is -2.14. The van der Waals surface area contributed by atoms with E-state index in [1.807, 2.05) is 23.5 Å². The lowest BCUT2D eigenvalue weighted by atomic mass is 9.90. The van der Waals surface area contributed by atoms with Gasteiger partial charge in [0, 0.05) is 30.9 Å². The maximum atomic E-state index is 6.07. The smallest absolute Gasteiger partial charge is 0.135 e. The van der Waals surface area contributed by atoms with Crippen molar-refractivity contribution in [3.8, 4) is 33.4 Å². The van der Waals surface area contributed by atoms with Crippen molar-refractivity contribution >= 4 is 53.4 Å². The second kappa shape index (κ2) is 8.94. The summed E-state index contributed by atoms with van der Waals surface area (Å²) in [5.74, 6) is 0. The molecule has 0 atom stereocenters. The fraction of sp³-hybridized carbons (Fsp3) is 0.0526. The minimum absolute atomic E-state index is 0.927. The number of thiophene rings is 1. The Labute approximate surface area is 236 Å². The summed E-state index contributed by atoms with van der Waals surface area (Å²) in [6.45, 7) is 4.42. The van der Waals surface area contributed by atoms with E-state index in [-0.39, 0.29) is 0 Å². The van der Waals surface area contributed by atoms with E-state index in [0.717, 1.165) is 21.9 Å². The average molecular weight is 531 g/mol. The third-order valence-corrected chi connectivity index (χ3v) is 9.34. The molecule has 0 unspecified atom stereocenters. The number of hydrogen-bond acceptors (Lipinski definition) is 2. The molecule has 190 valence electrons. The van der Waals surface area contributed by atoms with E-state index in [9.17, 15) is 0 Å². The van der Waals surface area contributed by atoms with Crippen LogP contribution in [0.1, 0.15) is 11.1 Å². The van der Waals surface area contributed by atoms with Crippen molar-refractivity contribution in [1.82, 2.24) is 0 Å². The predicted molar refractivity (Wildman–Crippen MR) is 172 cm³/mol.